The van der Waals surface area contributed by atoms with Gasteiger partial charge >= 0.3 is 0 Å². The first kappa shape index (κ1) is 14.1. The molecule has 0 saturated carbocycles. The summed E-state index contributed by atoms with van der Waals surface area (Å²) < 4.78 is 40.6. The largest absolute Gasteiger partial charge is 0.319 e. The van der Waals surface area contributed by atoms with Crippen LogP contribution >= 0.6 is 0 Å². The maximum absolute atomic E-state index is 13.6. The predicted octanol–water partition coefficient (Wildman–Crippen LogP) is 3.97. The Morgan fingerprint density at radius 3 is 2.30 bits per heavy atom. The number of hydrogen-bond acceptors (Lipinski definition) is 1. The van der Waals surface area contributed by atoms with E-state index < -0.39 is 23.4 Å². The summed E-state index contributed by atoms with van der Waals surface area (Å²) in [5, 5.41) is 2.16. The van der Waals surface area contributed by atoms with Gasteiger partial charge in [0.15, 0.2) is 0 Å². The van der Waals surface area contributed by atoms with E-state index in [0.29, 0.717) is 5.56 Å². The van der Waals surface area contributed by atoms with Gasteiger partial charge in [0.05, 0.1) is 11.3 Å². The van der Waals surface area contributed by atoms with Crippen molar-refractivity contribution in [3.05, 3.63) is 64.5 Å². The number of nitrogens with one attached hydrogen (secondary N) is 1. The predicted molar refractivity (Wildman–Crippen MR) is 70.2 cm³/mol. The molecule has 0 radical (unpaired) electrons. The molecular weight excluding hydrogens is 267 g/mol. The molecule has 0 bridgehead atoms. The molecule has 104 valence electrons. The number of hydrogen-bond donors (Lipinski definition) is 1. The zero-order valence-electron chi connectivity index (χ0n) is 10.9. The molecule has 0 heterocycles. The van der Waals surface area contributed by atoms with Gasteiger partial charge in [-0.3, -0.25) is 4.79 Å². The van der Waals surface area contributed by atoms with Gasteiger partial charge in [0.1, 0.15) is 17.5 Å². The van der Waals surface area contributed by atoms with E-state index in [1.54, 1.807) is 13.0 Å². The summed E-state index contributed by atoms with van der Waals surface area (Å²) in [5.41, 5.74) is 0.239. The molecule has 0 aliphatic carbocycles. The Bertz CT molecular complexity index is 683. The van der Waals surface area contributed by atoms with Crippen molar-refractivity contribution in [2.45, 2.75) is 13.8 Å². The van der Waals surface area contributed by atoms with Crippen molar-refractivity contribution in [2.75, 3.05) is 5.32 Å². The highest BCUT2D eigenvalue weighted by atomic mass is 19.1. The molecule has 0 unspecified atom stereocenters. The van der Waals surface area contributed by atoms with Crippen LogP contribution in [-0.2, 0) is 0 Å². The lowest BCUT2D eigenvalue weighted by Gasteiger charge is -2.09. The van der Waals surface area contributed by atoms with Crippen LogP contribution in [0, 0.1) is 31.3 Å². The molecule has 20 heavy (non-hydrogen) atoms. The summed E-state index contributed by atoms with van der Waals surface area (Å²) in [6.45, 7) is 3.09. The molecule has 2 aromatic rings. The van der Waals surface area contributed by atoms with Crippen LogP contribution in [0.5, 0.6) is 0 Å². The number of amides is 1. The van der Waals surface area contributed by atoms with E-state index in [-0.39, 0.29) is 16.8 Å². The lowest BCUT2D eigenvalue weighted by molar-refractivity contribution is 0.102. The van der Waals surface area contributed by atoms with Crippen molar-refractivity contribution in [3.63, 3.8) is 0 Å². The van der Waals surface area contributed by atoms with Gasteiger partial charge in [-0.15, -0.1) is 0 Å². The first-order chi connectivity index (χ1) is 9.38. The minimum absolute atomic E-state index is 0.127. The van der Waals surface area contributed by atoms with Crippen LogP contribution < -0.4 is 5.32 Å². The lowest BCUT2D eigenvalue weighted by atomic mass is 10.1. The van der Waals surface area contributed by atoms with Crippen LogP contribution in [0.4, 0.5) is 18.9 Å². The summed E-state index contributed by atoms with van der Waals surface area (Å²) >= 11 is 0. The molecule has 0 aliphatic heterocycles. The third-order valence-electron chi connectivity index (χ3n) is 2.87. The molecule has 0 saturated heterocycles. The van der Waals surface area contributed by atoms with E-state index in [0.717, 1.165) is 12.1 Å². The molecule has 2 nitrogen and oxygen atoms in total. The zero-order valence-corrected chi connectivity index (χ0v) is 10.9. The standard InChI is InChI=1S/C15H12F3NO/c1-8-3-4-10(12(17)5-8)15(20)19-14-7-11(16)9(2)6-13(14)18/h3-7H,1-2H3,(H,19,20). The third kappa shape index (κ3) is 2.82. The molecule has 0 fully saturated rings. The van der Waals surface area contributed by atoms with Crippen LogP contribution in [0.3, 0.4) is 0 Å². The fraction of sp³-hybridized carbons (Fsp3) is 0.133. The second-order valence-electron chi connectivity index (χ2n) is 4.52. The first-order valence-corrected chi connectivity index (χ1v) is 5.91. The summed E-state index contributed by atoms with van der Waals surface area (Å²) in [6, 6.07) is 5.89. The Morgan fingerprint density at radius 2 is 1.65 bits per heavy atom. The summed E-state index contributed by atoms with van der Waals surface area (Å²) in [6.07, 6.45) is 0. The number of rotatable bonds is 2. The maximum atomic E-state index is 13.6. The van der Waals surface area contributed by atoms with Crippen LogP contribution in [0.1, 0.15) is 21.5 Å². The highest BCUT2D eigenvalue weighted by Gasteiger charge is 2.15. The van der Waals surface area contributed by atoms with Gasteiger partial charge in [0, 0.05) is 6.07 Å². The topological polar surface area (TPSA) is 29.1 Å². The average Bonchev–Trinajstić information content (AvgIpc) is 2.35. The minimum Gasteiger partial charge on any atom is -0.319 e. The number of anilines is 1. The minimum atomic E-state index is -0.829. The van der Waals surface area contributed by atoms with Gasteiger partial charge in [0.2, 0.25) is 0 Å². The fourth-order valence-electron chi connectivity index (χ4n) is 1.74. The molecule has 0 atom stereocenters. The molecule has 2 rings (SSSR count). The normalized spacial score (nSPS) is 10.4. The summed E-state index contributed by atoms with van der Waals surface area (Å²) in [7, 11) is 0. The van der Waals surface area contributed by atoms with E-state index in [9.17, 15) is 18.0 Å². The van der Waals surface area contributed by atoms with E-state index in [2.05, 4.69) is 5.32 Å². The highest BCUT2D eigenvalue weighted by Crippen LogP contribution is 2.20. The maximum Gasteiger partial charge on any atom is 0.258 e. The van der Waals surface area contributed by atoms with Gasteiger partial charge in [-0.25, -0.2) is 13.2 Å². The van der Waals surface area contributed by atoms with Gasteiger partial charge in [0.25, 0.3) is 5.91 Å². The van der Waals surface area contributed by atoms with Gasteiger partial charge in [-0.05, 0) is 43.2 Å². The molecule has 0 aliphatic rings. The molecular formula is C15H12F3NO. The average molecular weight is 279 g/mol. The van der Waals surface area contributed by atoms with Crippen molar-refractivity contribution in [1.29, 1.82) is 0 Å². The molecule has 2 aromatic carbocycles. The van der Waals surface area contributed by atoms with Crippen molar-refractivity contribution < 1.29 is 18.0 Å². The van der Waals surface area contributed by atoms with Crippen molar-refractivity contribution in [3.8, 4) is 0 Å². The summed E-state index contributed by atoms with van der Waals surface area (Å²) in [4.78, 5) is 11.9. The van der Waals surface area contributed by atoms with E-state index >= 15 is 0 Å². The second-order valence-corrected chi connectivity index (χ2v) is 4.52. The quantitative estimate of drug-likeness (QED) is 0.885. The lowest BCUT2D eigenvalue weighted by Crippen LogP contribution is -2.15. The van der Waals surface area contributed by atoms with Crippen LogP contribution in [0.15, 0.2) is 30.3 Å². The van der Waals surface area contributed by atoms with Gasteiger partial charge in [-0.2, -0.15) is 0 Å². The number of benzene rings is 2. The number of carbonyl (C=O) groups excluding carboxylic acids is 1. The Balaban J connectivity index is 2.30. The van der Waals surface area contributed by atoms with E-state index in [4.69, 9.17) is 0 Å². The number of halogens is 3. The van der Waals surface area contributed by atoms with Crippen LogP contribution in [0.25, 0.3) is 0 Å². The molecule has 1 amide bonds. The fourth-order valence-corrected chi connectivity index (χ4v) is 1.74. The van der Waals surface area contributed by atoms with Crippen LogP contribution in [0.2, 0.25) is 0 Å². The molecule has 1 N–H and O–H groups in total. The van der Waals surface area contributed by atoms with E-state index in [1.807, 2.05) is 0 Å². The number of aryl methyl sites for hydroxylation is 2. The Labute approximate surface area is 114 Å². The Hall–Kier alpha value is -2.30. The number of carbonyl (C=O) groups is 1. The van der Waals surface area contributed by atoms with Crippen LogP contribution in [-0.4, -0.2) is 5.91 Å². The second kappa shape index (κ2) is 5.36. The molecule has 0 spiro atoms. The zero-order chi connectivity index (χ0) is 14.9. The SMILES string of the molecule is Cc1ccc(C(=O)Nc2cc(F)c(C)cc2F)c(F)c1. The smallest absolute Gasteiger partial charge is 0.258 e. The van der Waals surface area contributed by atoms with E-state index in [1.165, 1.54) is 19.1 Å². The first-order valence-electron chi connectivity index (χ1n) is 5.91. The highest BCUT2D eigenvalue weighted by molar-refractivity contribution is 6.04. The van der Waals surface area contributed by atoms with Gasteiger partial charge < -0.3 is 5.32 Å². The Kier molecular flexibility index (Phi) is 3.79. The van der Waals surface area contributed by atoms with Gasteiger partial charge in [-0.1, -0.05) is 6.07 Å². The monoisotopic (exact) mass is 279 g/mol. The molecule has 5 heteroatoms. The van der Waals surface area contributed by atoms with Crippen molar-refractivity contribution in [1.82, 2.24) is 0 Å². The molecule has 0 aromatic heterocycles. The summed E-state index contributed by atoms with van der Waals surface area (Å²) in [5.74, 6) is -2.96. The van der Waals surface area contributed by atoms with Crippen molar-refractivity contribution >= 4 is 11.6 Å². The Morgan fingerprint density at radius 1 is 0.950 bits per heavy atom. The van der Waals surface area contributed by atoms with Crippen molar-refractivity contribution in [2.24, 2.45) is 0 Å². The third-order valence-corrected chi connectivity index (χ3v) is 2.87.